The van der Waals surface area contributed by atoms with E-state index in [1.165, 1.54) is 0 Å². The van der Waals surface area contributed by atoms with Crippen molar-refractivity contribution >= 4 is 5.96 Å². The van der Waals surface area contributed by atoms with Crippen molar-refractivity contribution in [2.24, 2.45) is 5.73 Å². The highest BCUT2D eigenvalue weighted by Crippen LogP contribution is 2.16. The molecule has 3 N–H and O–H groups in total. The van der Waals surface area contributed by atoms with Crippen LogP contribution in [-0.4, -0.2) is 49.4 Å². The van der Waals surface area contributed by atoms with Crippen LogP contribution < -0.4 is 5.73 Å². The largest absolute Gasteiger partial charge is 0.374 e. The van der Waals surface area contributed by atoms with Crippen LogP contribution in [0.5, 0.6) is 0 Å². The van der Waals surface area contributed by atoms with E-state index in [1.807, 2.05) is 13.8 Å². The number of guanidine groups is 1. The number of nitrogens with two attached hydrogens (primary N) is 1. The summed E-state index contributed by atoms with van der Waals surface area (Å²) >= 11 is 0. The van der Waals surface area contributed by atoms with E-state index in [0.717, 1.165) is 0 Å². The molecule has 1 aliphatic rings. The highest BCUT2D eigenvalue weighted by atomic mass is 16.5. The zero-order valence-corrected chi connectivity index (χ0v) is 8.82. The minimum atomic E-state index is 0.0452. The molecule has 5 heteroatoms. The molecule has 2 atom stereocenters. The van der Waals surface area contributed by atoms with Gasteiger partial charge >= 0.3 is 0 Å². The van der Waals surface area contributed by atoms with Gasteiger partial charge in [0, 0.05) is 26.3 Å². The molecule has 0 radical (unpaired) electrons. The number of hydrogen-bond acceptors (Lipinski definition) is 3. The van der Waals surface area contributed by atoms with Gasteiger partial charge in [0.05, 0.1) is 0 Å². The van der Waals surface area contributed by atoms with Crippen LogP contribution in [0.3, 0.4) is 0 Å². The van der Waals surface area contributed by atoms with Crippen LogP contribution in [0.4, 0.5) is 0 Å². The first-order valence-electron chi connectivity index (χ1n) is 5.01. The lowest BCUT2D eigenvalue weighted by Crippen LogP contribution is -2.35. The van der Waals surface area contributed by atoms with Gasteiger partial charge in [-0.1, -0.05) is 0 Å². The maximum atomic E-state index is 7.33. The summed E-state index contributed by atoms with van der Waals surface area (Å²) in [6.45, 7) is 6.57. The van der Waals surface area contributed by atoms with Crippen molar-refractivity contribution in [1.29, 1.82) is 5.41 Å². The standard InChI is InChI=1S/C9H19N3O2/c1-3-13-7-5-12(9(10)11)6-8(7)14-4-2/h7-8H,3-6H2,1-2H3,(H3,10,11)/t7-,8-/m0/s1. The monoisotopic (exact) mass is 201 g/mol. The van der Waals surface area contributed by atoms with Gasteiger partial charge in [0.2, 0.25) is 0 Å². The van der Waals surface area contributed by atoms with E-state index in [1.54, 1.807) is 4.90 Å². The lowest BCUT2D eigenvalue weighted by atomic mass is 10.2. The Bertz CT molecular complexity index is 184. The molecule has 1 fully saturated rings. The Hall–Kier alpha value is -0.810. The summed E-state index contributed by atoms with van der Waals surface area (Å²) in [6.07, 6.45) is 0.0905. The Kier molecular flexibility index (Phi) is 4.16. The van der Waals surface area contributed by atoms with Crippen LogP contribution in [0, 0.1) is 5.41 Å². The highest BCUT2D eigenvalue weighted by Gasteiger charge is 2.34. The molecule has 0 amide bonds. The molecule has 0 aromatic carbocycles. The number of ether oxygens (including phenoxy) is 2. The van der Waals surface area contributed by atoms with Gasteiger partial charge in [-0.05, 0) is 13.8 Å². The van der Waals surface area contributed by atoms with Gasteiger partial charge in [-0.3, -0.25) is 5.41 Å². The van der Waals surface area contributed by atoms with Gasteiger partial charge in [-0.2, -0.15) is 0 Å². The molecule has 1 rings (SSSR count). The SMILES string of the molecule is CCO[C@H]1CN(C(=N)N)C[C@@H]1OCC. The third kappa shape index (κ3) is 2.59. The summed E-state index contributed by atoms with van der Waals surface area (Å²) in [5.74, 6) is 0.0944. The Morgan fingerprint density at radius 3 is 2.00 bits per heavy atom. The van der Waals surface area contributed by atoms with Crippen LogP contribution in [0.2, 0.25) is 0 Å². The van der Waals surface area contributed by atoms with Gasteiger partial charge in [-0.25, -0.2) is 0 Å². The van der Waals surface area contributed by atoms with Crippen molar-refractivity contribution in [3.8, 4) is 0 Å². The Balaban J connectivity index is 2.50. The second kappa shape index (κ2) is 5.17. The Labute approximate surface area is 84.7 Å². The zero-order valence-electron chi connectivity index (χ0n) is 8.82. The van der Waals surface area contributed by atoms with E-state index < -0.39 is 0 Å². The summed E-state index contributed by atoms with van der Waals surface area (Å²) in [5.41, 5.74) is 5.41. The second-order valence-electron chi connectivity index (χ2n) is 3.28. The van der Waals surface area contributed by atoms with E-state index in [0.29, 0.717) is 26.3 Å². The van der Waals surface area contributed by atoms with Crippen LogP contribution in [-0.2, 0) is 9.47 Å². The molecular weight excluding hydrogens is 182 g/mol. The first-order chi connectivity index (χ1) is 6.69. The molecule has 0 aliphatic carbocycles. The minimum absolute atomic E-state index is 0.0452. The van der Waals surface area contributed by atoms with Crippen molar-refractivity contribution in [3.05, 3.63) is 0 Å². The molecule has 0 aromatic rings. The van der Waals surface area contributed by atoms with Crippen molar-refractivity contribution in [3.63, 3.8) is 0 Å². The quantitative estimate of drug-likeness (QED) is 0.496. The average Bonchev–Trinajstić information content (AvgIpc) is 2.50. The van der Waals surface area contributed by atoms with Gasteiger partial charge in [-0.15, -0.1) is 0 Å². The molecule has 0 unspecified atom stereocenters. The van der Waals surface area contributed by atoms with E-state index >= 15 is 0 Å². The number of rotatable bonds is 4. The van der Waals surface area contributed by atoms with Crippen LogP contribution in [0.1, 0.15) is 13.8 Å². The third-order valence-electron chi connectivity index (χ3n) is 2.32. The normalized spacial score (nSPS) is 26.9. The van der Waals surface area contributed by atoms with Gasteiger partial charge in [0.15, 0.2) is 5.96 Å². The molecule has 1 aliphatic heterocycles. The van der Waals surface area contributed by atoms with Crippen LogP contribution in [0.15, 0.2) is 0 Å². The van der Waals surface area contributed by atoms with Gasteiger partial charge < -0.3 is 20.1 Å². The number of nitrogens with zero attached hydrogens (tertiary/aromatic N) is 1. The van der Waals surface area contributed by atoms with E-state index in [9.17, 15) is 0 Å². The molecule has 0 aromatic heterocycles. The van der Waals surface area contributed by atoms with Crippen LogP contribution >= 0.6 is 0 Å². The maximum Gasteiger partial charge on any atom is 0.188 e. The smallest absolute Gasteiger partial charge is 0.188 e. The minimum Gasteiger partial charge on any atom is -0.374 e. The Morgan fingerprint density at radius 1 is 1.29 bits per heavy atom. The van der Waals surface area contributed by atoms with Crippen LogP contribution in [0.25, 0.3) is 0 Å². The molecule has 1 saturated heterocycles. The first-order valence-corrected chi connectivity index (χ1v) is 5.01. The molecule has 14 heavy (non-hydrogen) atoms. The summed E-state index contributed by atoms with van der Waals surface area (Å²) in [4.78, 5) is 1.78. The van der Waals surface area contributed by atoms with Crippen molar-refractivity contribution in [2.45, 2.75) is 26.1 Å². The molecule has 82 valence electrons. The fraction of sp³-hybridized carbons (Fsp3) is 0.889. The summed E-state index contributed by atoms with van der Waals surface area (Å²) in [6, 6.07) is 0. The Morgan fingerprint density at radius 2 is 1.71 bits per heavy atom. The van der Waals surface area contributed by atoms with Gasteiger partial charge in [0.1, 0.15) is 12.2 Å². The lowest BCUT2D eigenvalue weighted by Gasteiger charge is -2.17. The predicted octanol–water partition coefficient (Wildman–Crippen LogP) is 0.00567. The number of nitrogens with one attached hydrogen (secondary N) is 1. The van der Waals surface area contributed by atoms with Gasteiger partial charge in [0.25, 0.3) is 0 Å². The van der Waals surface area contributed by atoms with Crippen molar-refractivity contribution in [2.75, 3.05) is 26.3 Å². The average molecular weight is 201 g/mol. The predicted molar refractivity (Wildman–Crippen MR) is 54.3 cm³/mol. The molecule has 0 saturated carbocycles. The lowest BCUT2D eigenvalue weighted by molar-refractivity contribution is -0.0388. The van der Waals surface area contributed by atoms with Crippen molar-refractivity contribution in [1.82, 2.24) is 4.90 Å². The fourth-order valence-corrected chi connectivity index (χ4v) is 1.69. The number of hydrogen-bond donors (Lipinski definition) is 2. The molecule has 5 nitrogen and oxygen atoms in total. The molecule has 0 spiro atoms. The maximum absolute atomic E-state index is 7.33. The van der Waals surface area contributed by atoms with E-state index in [4.69, 9.17) is 20.6 Å². The van der Waals surface area contributed by atoms with Crippen molar-refractivity contribution < 1.29 is 9.47 Å². The first kappa shape index (κ1) is 11.3. The molecule has 1 heterocycles. The zero-order chi connectivity index (χ0) is 10.6. The topological polar surface area (TPSA) is 71.6 Å². The van der Waals surface area contributed by atoms with E-state index in [2.05, 4.69) is 0 Å². The molecular formula is C9H19N3O2. The fourth-order valence-electron chi connectivity index (χ4n) is 1.69. The highest BCUT2D eigenvalue weighted by molar-refractivity contribution is 5.75. The second-order valence-corrected chi connectivity index (χ2v) is 3.28. The van der Waals surface area contributed by atoms with E-state index in [-0.39, 0.29) is 18.2 Å². The molecule has 0 bridgehead atoms. The number of likely N-dealkylation sites (tertiary alicyclic amines) is 1. The summed E-state index contributed by atoms with van der Waals surface area (Å²) in [7, 11) is 0. The summed E-state index contributed by atoms with van der Waals surface area (Å²) < 4.78 is 11.1. The summed E-state index contributed by atoms with van der Waals surface area (Å²) in [5, 5.41) is 7.33. The third-order valence-corrected chi connectivity index (χ3v) is 2.32.